The van der Waals surface area contributed by atoms with Crippen LogP contribution in [0.4, 0.5) is 5.69 Å². The Morgan fingerprint density at radius 3 is 2.75 bits per heavy atom. The van der Waals surface area contributed by atoms with Crippen LogP contribution >= 0.6 is 34.5 Å². The van der Waals surface area contributed by atoms with Gasteiger partial charge in [-0.15, -0.1) is 0 Å². The molecular weight excluding hydrogens is 319 g/mol. The molecule has 1 heterocycles. The Bertz CT molecular complexity index is 694. The SMILES string of the molecule is Cc1csc(=O)n1CCC(=O)Nc1ccc(Cl)cc1Cl. The first-order chi connectivity index (χ1) is 9.47. The van der Waals surface area contributed by atoms with E-state index in [1.165, 1.54) is 0 Å². The number of aryl methyl sites for hydroxylation is 1. The van der Waals surface area contributed by atoms with E-state index in [1.54, 1.807) is 28.1 Å². The highest BCUT2D eigenvalue weighted by molar-refractivity contribution is 7.07. The molecule has 0 radical (unpaired) electrons. The molecule has 4 nitrogen and oxygen atoms in total. The number of aromatic nitrogens is 1. The van der Waals surface area contributed by atoms with Crippen molar-refractivity contribution in [3.8, 4) is 0 Å². The summed E-state index contributed by atoms with van der Waals surface area (Å²) in [5.41, 5.74) is 1.37. The minimum absolute atomic E-state index is 0.0557. The Balaban J connectivity index is 1.98. The van der Waals surface area contributed by atoms with E-state index in [2.05, 4.69) is 5.32 Å². The number of nitrogens with zero attached hydrogens (tertiary/aromatic N) is 1. The fourth-order valence-electron chi connectivity index (χ4n) is 1.69. The third-order valence-corrected chi connectivity index (χ3v) is 4.17. The van der Waals surface area contributed by atoms with E-state index in [-0.39, 0.29) is 17.2 Å². The van der Waals surface area contributed by atoms with Crippen molar-refractivity contribution in [1.29, 1.82) is 0 Å². The quantitative estimate of drug-likeness (QED) is 0.931. The lowest BCUT2D eigenvalue weighted by atomic mass is 10.3. The number of amides is 1. The van der Waals surface area contributed by atoms with Gasteiger partial charge in [-0.3, -0.25) is 9.59 Å². The molecular formula is C13H12Cl2N2O2S. The summed E-state index contributed by atoms with van der Waals surface area (Å²) >= 11 is 12.9. The zero-order valence-electron chi connectivity index (χ0n) is 10.7. The van der Waals surface area contributed by atoms with Gasteiger partial charge in [-0.05, 0) is 25.1 Å². The molecule has 2 rings (SSSR count). The lowest BCUT2D eigenvalue weighted by Crippen LogP contribution is -2.20. The first kappa shape index (κ1) is 15.1. The highest BCUT2D eigenvalue weighted by atomic mass is 35.5. The van der Waals surface area contributed by atoms with Gasteiger partial charge in [0.2, 0.25) is 5.91 Å². The minimum Gasteiger partial charge on any atom is -0.325 e. The van der Waals surface area contributed by atoms with Crippen molar-refractivity contribution < 1.29 is 4.79 Å². The van der Waals surface area contributed by atoms with Crippen LogP contribution < -0.4 is 10.2 Å². The number of halogens is 2. The van der Waals surface area contributed by atoms with Gasteiger partial charge in [-0.2, -0.15) is 0 Å². The smallest absolute Gasteiger partial charge is 0.307 e. The van der Waals surface area contributed by atoms with Gasteiger partial charge in [0, 0.05) is 29.1 Å². The second-order valence-corrected chi connectivity index (χ2v) is 5.88. The Morgan fingerprint density at radius 1 is 1.40 bits per heavy atom. The molecule has 20 heavy (non-hydrogen) atoms. The molecule has 0 aliphatic rings. The number of rotatable bonds is 4. The maximum absolute atomic E-state index is 11.9. The summed E-state index contributed by atoms with van der Waals surface area (Å²) in [5, 5.41) is 5.36. The van der Waals surface area contributed by atoms with Gasteiger partial charge in [0.1, 0.15) is 0 Å². The maximum atomic E-state index is 11.9. The number of carbonyl (C=O) groups is 1. The van der Waals surface area contributed by atoms with Crippen LogP contribution in [0.3, 0.4) is 0 Å². The van der Waals surface area contributed by atoms with E-state index in [9.17, 15) is 9.59 Å². The summed E-state index contributed by atoms with van der Waals surface area (Å²) < 4.78 is 1.58. The van der Waals surface area contributed by atoms with Crippen LogP contribution in [0.2, 0.25) is 10.0 Å². The molecule has 0 bridgehead atoms. The Morgan fingerprint density at radius 2 is 2.15 bits per heavy atom. The molecule has 1 N–H and O–H groups in total. The summed E-state index contributed by atoms with van der Waals surface area (Å²) in [6.07, 6.45) is 0.205. The summed E-state index contributed by atoms with van der Waals surface area (Å²) in [4.78, 5) is 23.3. The molecule has 2 aromatic rings. The normalized spacial score (nSPS) is 10.6. The van der Waals surface area contributed by atoms with Gasteiger partial charge >= 0.3 is 4.87 Å². The van der Waals surface area contributed by atoms with Crippen molar-refractivity contribution in [3.05, 3.63) is 49.0 Å². The highest BCUT2D eigenvalue weighted by Gasteiger charge is 2.09. The first-order valence-corrected chi connectivity index (χ1v) is 7.51. The van der Waals surface area contributed by atoms with Gasteiger partial charge in [-0.1, -0.05) is 34.5 Å². The molecule has 0 saturated heterocycles. The molecule has 1 amide bonds. The number of anilines is 1. The van der Waals surface area contributed by atoms with E-state index < -0.39 is 0 Å². The molecule has 7 heteroatoms. The van der Waals surface area contributed by atoms with E-state index in [0.717, 1.165) is 17.0 Å². The highest BCUT2D eigenvalue weighted by Crippen LogP contribution is 2.25. The Hall–Kier alpha value is -1.30. The van der Waals surface area contributed by atoms with Crippen molar-refractivity contribution in [2.45, 2.75) is 19.9 Å². The van der Waals surface area contributed by atoms with E-state index in [0.29, 0.717) is 22.3 Å². The molecule has 0 saturated carbocycles. The third-order valence-electron chi connectivity index (χ3n) is 2.74. The van der Waals surface area contributed by atoms with Crippen LogP contribution in [0, 0.1) is 6.92 Å². The first-order valence-electron chi connectivity index (χ1n) is 5.87. The van der Waals surface area contributed by atoms with Gasteiger partial charge in [-0.25, -0.2) is 0 Å². The topological polar surface area (TPSA) is 51.1 Å². The molecule has 106 valence electrons. The standard InChI is InChI=1S/C13H12Cl2N2O2S/c1-8-7-20-13(19)17(8)5-4-12(18)16-11-3-2-9(14)6-10(11)15/h2-3,6-7H,4-5H2,1H3,(H,16,18). The molecule has 0 atom stereocenters. The molecule has 1 aromatic heterocycles. The minimum atomic E-state index is -0.202. The fraction of sp³-hybridized carbons (Fsp3) is 0.231. The van der Waals surface area contributed by atoms with Crippen LogP contribution in [0.1, 0.15) is 12.1 Å². The summed E-state index contributed by atoms with van der Waals surface area (Å²) in [6.45, 7) is 2.19. The summed E-state index contributed by atoms with van der Waals surface area (Å²) in [6, 6.07) is 4.85. The van der Waals surface area contributed by atoms with Crippen molar-refractivity contribution >= 4 is 46.1 Å². The lowest BCUT2D eigenvalue weighted by Gasteiger charge is -2.08. The molecule has 0 aliphatic heterocycles. The van der Waals surface area contributed by atoms with E-state index in [1.807, 2.05) is 6.92 Å². The number of hydrogen-bond acceptors (Lipinski definition) is 3. The average Bonchev–Trinajstić information content (AvgIpc) is 2.70. The molecule has 0 aliphatic carbocycles. The molecule has 0 fully saturated rings. The van der Waals surface area contributed by atoms with Gasteiger partial charge < -0.3 is 9.88 Å². The van der Waals surface area contributed by atoms with Crippen molar-refractivity contribution in [1.82, 2.24) is 4.57 Å². The molecule has 0 spiro atoms. The fourth-order valence-corrected chi connectivity index (χ4v) is 2.91. The van der Waals surface area contributed by atoms with Crippen LogP contribution in [0.25, 0.3) is 0 Å². The second-order valence-electron chi connectivity index (χ2n) is 4.22. The predicted octanol–water partition coefficient (Wildman–Crippen LogP) is 3.55. The van der Waals surface area contributed by atoms with Crippen LogP contribution in [0.15, 0.2) is 28.4 Å². The molecule has 1 aromatic carbocycles. The Kier molecular flexibility index (Phi) is 4.86. The molecule has 0 unspecified atom stereocenters. The van der Waals surface area contributed by atoms with Crippen molar-refractivity contribution in [3.63, 3.8) is 0 Å². The monoisotopic (exact) mass is 330 g/mol. The van der Waals surface area contributed by atoms with Crippen molar-refractivity contribution in [2.24, 2.45) is 0 Å². The number of nitrogens with one attached hydrogen (secondary N) is 1. The third kappa shape index (κ3) is 3.62. The average molecular weight is 331 g/mol. The second kappa shape index (κ2) is 6.43. The van der Waals surface area contributed by atoms with E-state index >= 15 is 0 Å². The largest absolute Gasteiger partial charge is 0.325 e. The predicted molar refractivity (Wildman–Crippen MR) is 83.0 cm³/mol. The van der Waals surface area contributed by atoms with Crippen LogP contribution in [0.5, 0.6) is 0 Å². The van der Waals surface area contributed by atoms with Crippen LogP contribution in [-0.2, 0) is 11.3 Å². The number of benzene rings is 1. The van der Waals surface area contributed by atoms with Gasteiger partial charge in [0.25, 0.3) is 0 Å². The van der Waals surface area contributed by atoms with Gasteiger partial charge in [0.05, 0.1) is 10.7 Å². The van der Waals surface area contributed by atoms with Crippen molar-refractivity contribution in [2.75, 3.05) is 5.32 Å². The summed E-state index contributed by atoms with van der Waals surface area (Å²) in [7, 11) is 0. The van der Waals surface area contributed by atoms with Crippen LogP contribution in [-0.4, -0.2) is 10.5 Å². The zero-order valence-corrected chi connectivity index (χ0v) is 13.0. The Labute approximate surface area is 129 Å². The zero-order chi connectivity index (χ0) is 14.7. The summed E-state index contributed by atoms with van der Waals surface area (Å²) in [5.74, 6) is -0.202. The number of thiazole rings is 1. The van der Waals surface area contributed by atoms with Gasteiger partial charge in [0.15, 0.2) is 0 Å². The van der Waals surface area contributed by atoms with E-state index in [4.69, 9.17) is 23.2 Å². The maximum Gasteiger partial charge on any atom is 0.307 e. The lowest BCUT2D eigenvalue weighted by molar-refractivity contribution is -0.116. The number of hydrogen-bond donors (Lipinski definition) is 1. The number of carbonyl (C=O) groups excluding carboxylic acids is 1.